The standard InChI is InChI=1S/C19H20O2/c20-16-7-3-5-14-11-12-15(6-4-8-17(21)13-16)19-10-2-1-9-18(14)19/h1-2,9-12H,3-8,13H2. The van der Waals surface area contributed by atoms with Gasteiger partial charge >= 0.3 is 0 Å². The molecule has 108 valence electrons. The normalized spacial score (nSPS) is 17.3. The second-order valence-corrected chi connectivity index (χ2v) is 5.89. The number of carbonyl (C=O) groups excluding carboxylic acids is 2. The van der Waals surface area contributed by atoms with Gasteiger partial charge in [-0.2, -0.15) is 0 Å². The third-order valence-electron chi connectivity index (χ3n) is 4.30. The second kappa shape index (κ2) is 6.21. The Balaban J connectivity index is 1.98. The van der Waals surface area contributed by atoms with E-state index in [-0.39, 0.29) is 18.0 Å². The molecule has 4 rings (SSSR count). The summed E-state index contributed by atoms with van der Waals surface area (Å²) in [5.41, 5.74) is 2.63. The van der Waals surface area contributed by atoms with Crippen LogP contribution in [0.4, 0.5) is 0 Å². The van der Waals surface area contributed by atoms with Crippen molar-refractivity contribution in [3.05, 3.63) is 47.5 Å². The van der Waals surface area contributed by atoms with Crippen LogP contribution in [-0.4, -0.2) is 11.6 Å². The summed E-state index contributed by atoms with van der Waals surface area (Å²) in [5.74, 6) is 0.193. The van der Waals surface area contributed by atoms with E-state index in [9.17, 15) is 9.59 Å². The van der Waals surface area contributed by atoms with Crippen molar-refractivity contribution < 1.29 is 9.59 Å². The smallest absolute Gasteiger partial charge is 0.140 e. The zero-order valence-electron chi connectivity index (χ0n) is 12.2. The number of carbonyl (C=O) groups is 2. The molecule has 0 amide bonds. The molecule has 0 spiro atoms. The van der Waals surface area contributed by atoms with Crippen LogP contribution in [-0.2, 0) is 22.4 Å². The van der Waals surface area contributed by atoms with Crippen LogP contribution in [0.25, 0.3) is 10.8 Å². The molecule has 2 aliphatic rings. The molecule has 0 heterocycles. The van der Waals surface area contributed by atoms with Crippen LogP contribution in [0.3, 0.4) is 0 Å². The Morgan fingerprint density at radius 1 is 0.619 bits per heavy atom. The van der Waals surface area contributed by atoms with Gasteiger partial charge in [0, 0.05) is 12.8 Å². The van der Waals surface area contributed by atoms with E-state index in [1.807, 2.05) is 0 Å². The van der Waals surface area contributed by atoms with Crippen LogP contribution in [0, 0.1) is 0 Å². The molecule has 2 aromatic carbocycles. The van der Waals surface area contributed by atoms with Crippen LogP contribution in [0.5, 0.6) is 0 Å². The quantitative estimate of drug-likeness (QED) is 0.683. The third-order valence-corrected chi connectivity index (χ3v) is 4.30. The van der Waals surface area contributed by atoms with E-state index >= 15 is 0 Å². The third kappa shape index (κ3) is 3.21. The molecule has 2 heteroatoms. The van der Waals surface area contributed by atoms with Crippen LogP contribution >= 0.6 is 0 Å². The topological polar surface area (TPSA) is 34.1 Å². The first kappa shape index (κ1) is 14.0. The van der Waals surface area contributed by atoms with Gasteiger partial charge in [-0.05, 0) is 47.6 Å². The molecule has 0 N–H and O–H groups in total. The first-order valence-corrected chi connectivity index (χ1v) is 7.77. The zero-order valence-corrected chi connectivity index (χ0v) is 12.2. The highest BCUT2D eigenvalue weighted by Crippen LogP contribution is 2.26. The lowest BCUT2D eigenvalue weighted by Crippen LogP contribution is -2.08. The summed E-state index contributed by atoms with van der Waals surface area (Å²) < 4.78 is 0. The Labute approximate surface area is 125 Å². The Kier molecular flexibility index (Phi) is 4.14. The molecule has 0 radical (unpaired) electrons. The Hall–Kier alpha value is -1.96. The summed E-state index contributed by atoms with van der Waals surface area (Å²) in [6.07, 6.45) is 4.63. The Morgan fingerprint density at radius 3 is 1.57 bits per heavy atom. The van der Waals surface area contributed by atoms with Crippen LogP contribution in [0.15, 0.2) is 36.4 Å². The van der Waals surface area contributed by atoms with E-state index in [0.29, 0.717) is 12.8 Å². The molecule has 2 aromatic rings. The molecule has 0 unspecified atom stereocenters. The van der Waals surface area contributed by atoms with Gasteiger partial charge in [0.05, 0.1) is 6.42 Å². The van der Waals surface area contributed by atoms with Crippen molar-refractivity contribution in [2.75, 3.05) is 0 Å². The van der Waals surface area contributed by atoms with E-state index in [0.717, 1.165) is 25.7 Å². The fraction of sp³-hybridized carbons (Fsp3) is 0.368. The van der Waals surface area contributed by atoms with E-state index in [1.165, 1.54) is 21.9 Å². The highest BCUT2D eigenvalue weighted by atomic mass is 16.1. The number of ketones is 2. The molecule has 0 fully saturated rings. The van der Waals surface area contributed by atoms with E-state index < -0.39 is 0 Å². The molecular weight excluding hydrogens is 260 g/mol. The summed E-state index contributed by atoms with van der Waals surface area (Å²) in [6, 6.07) is 12.9. The molecule has 0 saturated carbocycles. The van der Waals surface area contributed by atoms with Gasteiger partial charge in [0.15, 0.2) is 0 Å². The molecule has 21 heavy (non-hydrogen) atoms. The highest BCUT2D eigenvalue weighted by molar-refractivity contribution is 5.99. The lowest BCUT2D eigenvalue weighted by atomic mass is 9.94. The van der Waals surface area contributed by atoms with E-state index in [4.69, 9.17) is 0 Å². The lowest BCUT2D eigenvalue weighted by Gasteiger charge is -2.10. The number of rotatable bonds is 0. The van der Waals surface area contributed by atoms with Crippen molar-refractivity contribution in [3.63, 3.8) is 0 Å². The number of hydrogen-bond acceptors (Lipinski definition) is 2. The van der Waals surface area contributed by atoms with Crippen LogP contribution < -0.4 is 0 Å². The number of fused-ring (bicyclic) bond motifs is 9. The number of hydrogen-bond donors (Lipinski definition) is 0. The van der Waals surface area contributed by atoms with Crippen molar-refractivity contribution >= 4 is 22.3 Å². The Bertz CT molecular complexity index is 627. The maximum atomic E-state index is 11.8. The predicted octanol–water partition coefficient (Wildman–Crippen LogP) is 4.03. The monoisotopic (exact) mass is 280 g/mol. The maximum Gasteiger partial charge on any atom is 0.140 e. The van der Waals surface area contributed by atoms with E-state index in [1.54, 1.807) is 0 Å². The van der Waals surface area contributed by atoms with Gasteiger partial charge < -0.3 is 0 Å². The SMILES string of the molecule is O=C1CCCc2ccc(c3ccccc23)CCCC(=O)C1. The fourth-order valence-electron chi connectivity index (χ4n) is 3.21. The van der Waals surface area contributed by atoms with Gasteiger partial charge in [-0.25, -0.2) is 0 Å². The van der Waals surface area contributed by atoms with Crippen molar-refractivity contribution in [3.8, 4) is 0 Å². The Morgan fingerprint density at radius 2 is 1.10 bits per heavy atom. The number of benzene rings is 2. The lowest BCUT2D eigenvalue weighted by molar-refractivity contribution is -0.127. The summed E-state index contributed by atoms with van der Waals surface area (Å²) in [7, 11) is 0. The molecule has 0 atom stereocenters. The van der Waals surface area contributed by atoms with Gasteiger partial charge in [-0.15, -0.1) is 0 Å². The minimum atomic E-state index is 0.0966. The van der Waals surface area contributed by atoms with E-state index in [2.05, 4.69) is 36.4 Å². The van der Waals surface area contributed by atoms with Crippen molar-refractivity contribution in [1.29, 1.82) is 0 Å². The molecule has 2 nitrogen and oxygen atoms in total. The minimum Gasteiger partial charge on any atom is -0.299 e. The van der Waals surface area contributed by atoms with Gasteiger partial charge in [-0.3, -0.25) is 9.59 Å². The highest BCUT2D eigenvalue weighted by Gasteiger charge is 2.12. The molecule has 0 aliphatic heterocycles. The second-order valence-electron chi connectivity index (χ2n) is 5.89. The number of Topliss-reactive ketones (excluding diaryl/α,β-unsaturated/α-hetero) is 2. The average Bonchev–Trinajstić information content (AvgIpc) is 2.50. The van der Waals surface area contributed by atoms with Gasteiger partial charge in [0.25, 0.3) is 0 Å². The zero-order chi connectivity index (χ0) is 14.7. The summed E-state index contributed by atoms with van der Waals surface area (Å²) >= 11 is 0. The van der Waals surface area contributed by atoms with Crippen LogP contribution in [0.2, 0.25) is 0 Å². The fourth-order valence-corrected chi connectivity index (χ4v) is 3.21. The molecule has 2 bridgehead atoms. The van der Waals surface area contributed by atoms with Gasteiger partial charge in [-0.1, -0.05) is 36.4 Å². The summed E-state index contributed by atoms with van der Waals surface area (Å²) in [5, 5.41) is 2.60. The van der Waals surface area contributed by atoms with Crippen molar-refractivity contribution in [2.24, 2.45) is 0 Å². The summed E-state index contributed by atoms with van der Waals surface area (Å²) in [6.45, 7) is 0. The molecular formula is C19H20O2. The largest absolute Gasteiger partial charge is 0.299 e. The van der Waals surface area contributed by atoms with Crippen molar-refractivity contribution in [1.82, 2.24) is 0 Å². The van der Waals surface area contributed by atoms with Crippen LogP contribution in [0.1, 0.15) is 43.2 Å². The number of aryl methyl sites for hydroxylation is 2. The first-order valence-electron chi connectivity index (χ1n) is 7.77. The average molecular weight is 280 g/mol. The van der Waals surface area contributed by atoms with Gasteiger partial charge in [0.1, 0.15) is 11.6 Å². The first-order chi connectivity index (χ1) is 10.2. The molecule has 0 aromatic heterocycles. The molecule has 2 aliphatic carbocycles. The van der Waals surface area contributed by atoms with Gasteiger partial charge in [0.2, 0.25) is 0 Å². The maximum absolute atomic E-state index is 11.8. The predicted molar refractivity (Wildman–Crippen MR) is 84.5 cm³/mol. The molecule has 0 saturated heterocycles. The van der Waals surface area contributed by atoms with Crippen molar-refractivity contribution in [2.45, 2.75) is 44.9 Å². The summed E-state index contributed by atoms with van der Waals surface area (Å²) in [4.78, 5) is 23.6. The minimum absolute atomic E-state index is 0.0966.